The number of piperidine rings is 1. The predicted octanol–water partition coefficient (Wildman–Crippen LogP) is 0.636. The van der Waals surface area contributed by atoms with Crippen molar-refractivity contribution in [3.8, 4) is 0 Å². The van der Waals surface area contributed by atoms with Gasteiger partial charge in [0.1, 0.15) is 0 Å². The molecule has 3 aliphatic heterocycles. The smallest absolute Gasteiger partial charge is 0.409 e. The molecule has 2 unspecified atom stereocenters. The molecule has 0 aliphatic carbocycles. The van der Waals surface area contributed by atoms with E-state index in [-0.39, 0.29) is 12.2 Å². The second-order valence-corrected chi connectivity index (χ2v) is 7.30. The fraction of sp³-hybridized carbons (Fsp3) is 0.889. The van der Waals surface area contributed by atoms with Gasteiger partial charge in [0.2, 0.25) is 0 Å². The number of nitrogens with zero attached hydrogens (tertiary/aromatic N) is 3. The molecule has 2 atom stereocenters. The van der Waals surface area contributed by atoms with Gasteiger partial charge in [0, 0.05) is 45.3 Å². The maximum Gasteiger partial charge on any atom is 0.409 e. The number of nitrogens with one attached hydrogen (secondary N) is 2. The van der Waals surface area contributed by atoms with E-state index in [9.17, 15) is 4.79 Å². The van der Waals surface area contributed by atoms with Gasteiger partial charge in [0.15, 0.2) is 5.96 Å². The van der Waals surface area contributed by atoms with Crippen LogP contribution in [-0.4, -0.2) is 93.0 Å². The van der Waals surface area contributed by atoms with Crippen LogP contribution in [0.25, 0.3) is 0 Å². The van der Waals surface area contributed by atoms with Crippen LogP contribution >= 0.6 is 0 Å². The molecule has 26 heavy (non-hydrogen) atoms. The van der Waals surface area contributed by atoms with E-state index in [1.165, 1.54) is 19.4 Å². The van der Waals surface area contributed by atoms with Crippen molar-refractivity contribution in [3.05, 3.63) is 0 Å². The third kappa shape index (κ3) is 5.01. The number of fused-ring (bicyclic) bond motifs is 1. The maximum atomic E-state index is 11.8. The van der Waals surface area contributed by atoms with E-state index in [1.54, 1.807) is 11.9 Å². The Morgan fingerprint density at radius 2 is 2.08 bits per heavy atom. The molecule has 0 aromatic heterocycles. The van der Waals surface area contributed by atoms with Gasteiger partial charge in [-0.25, -0.2) is 4.79 Å². The standard InChI is InChI=1S/C18H33N5O3/c1-3-25-18(24)22-9-6-14(7-10-22)21-17(19-2)20-11-16-12-23-8-4-5-15(23)13-26-16/h14-16H,3-13H2,1-2H3,(H2,19,20,21). The van der Waals surface area contributed by atoms with Crippen molar-refractivity contribution in [3.63, 3.8) is 0 Å². The third-order valence-electron chi connectivity index (χ3n) is 5.54. The Labute approximate surface area is 156 Å². The van der Waals surface area contributed by atoms with E-state index in [4.69, 9.17) is 9.47 Å². The molecule has 0 spiro atoms. The molecule has 0 radical (unpaired) electrons. The monoisotopic (exact) mass is 367 g/mol. The van der Waals surface area contributed by atoms with E-state index in [0.717, 1.165) is 51.6 Å². The summed E-state index contributed by atoms with van der Waals surface area (Å²) in [5.74, 6) is 0.812. The average Bonchev–Trinajstić information content (AvgIpc) is 3.13. The Hall–Kier alpha value is -1.54. The largest absolute Gasteiger partial charge is 0.450 e. The molecule has 0 bridgehead atoms. The number of ether oxygens (including phenoxy) is 2. The lowest BCUT2D eigenvalue weighted by molar-refractivity contribution is -0.0453. The quantitative estimate of drug-likeness (QED) is 0.561. The van der Waals surface area contributed by atoms with Crippen LogP contribution in [0.4, 0.5) is 4.79 Å². The van der Waals surface area contributed by atoms with Gasteiger partial charge < -0.3 is 25.0 Å². The van der Waals surface area contributed by atoms with Crippen molar-refractivity contribution in [1.82, 2.24) is 20.4 Å². The molecular weight excluding hydrogens is 334 g/mol. The van der Waals surface area contributed by atoms with Crippen molar-refractivity contribution in [2.75, 3.05) is 53.0 Å². The van der Waals surface area contributed by atoms with Gasteiger partial charge >= 0.3 is 6.09 Å². The summed E-state index contributed by atoms with van der Waals surface area (Å²) < 4.78 is 11.1. The minimum absolute atomic E-state index is 0.205. The van der Waals surface area contributed by atoms with Crippen LogP contribution in [0.2, 0.25) is 0 Å². The Morgan fingerprint density at radius 3 is 2.81 bits per heavy atom. The number of hydrogen-bond donors (Lipinski definition) is 2. The average molecular weight is 367 g/mol. The molecule has 0 aromatic rings. The van der Waals surface area contributed by atoms with Gasteiger partial charge in [-0.2, -0.15) is 0 Å². The molecular formula is C18H33N5O3. The van der Waals surface area contributed by atoms with Gasteiger partial charge in [-0.3, -0.25) is 9.89 Å². The highest BCUT2D eigenvalue weighted by atomic mass is 16.6. The Bertz CT molecular complexity index is 493. The molecule has 2 N–H and O–H groups in total. The fourth-order valence-corrected chi connectivity index (χ4v) is 4.03. The molecule has 3 saturated heterocycles. The van der Waals surface area contributed by atoms with Crippen LogP contribution in [0.15, 0.2) is 4.99 Å². The van der Waals surface area contributed by atoms with Crippen LogP contribution < -0.4 is 10.6 Å². The van der Waals surface area contributed by atoms with Crippen molar-refractivity contribution in [2.45, 2.75) is 50.8 Å². The van der Waals surface area contributed by atoms with Gasteiger partial charge in [-0.05, 0) is 39.2 Å². The molecule has 3 aliphatic rings. The fourth-order valence-electron chi connectivity index (χ4n) is 4.03. The normalized spacial score (nSPS) is 27.9. The number of morpholine rings is 1. The summed E-state index contributed by atoms with van der Waals surface area (Å²) in [4.78, 5) is 20.4. The molecule has 3 fully saturated rings. The first kappa shape index (κ1) is 19.2. The Kier molecular flexibility index (Phi) is 6.96. The van der Waals surface area contributed by atoms with Crippen LogP contribution in [0.1, 0.15) is 32.6 Å². The van der Waals surface area contributed by atoms with E-state index < -0.39 is 0 Å². The third-order valence-corrected chi connectivity index (χ3v) is 5.54. The van der Waals surface area contributed by atoms with Gasteiger partial charge in [-0.15, -0.1) is 0 Å². The summed E-state index contributed by atoms with van der Waals surface area (Å²) in [6.45, 7) is 7.53. The lowest BCUT2D eigenvalue weighted by Crippen LogP contribution is -2.53. The van der Waals surface area contributed by atoms with E-state index in [0.29, 0.717) is 18.7 Å². The maximum absolute atomic E-state index is 11.8. The minimum Gasteiger partial charge on any atom is -0.450 e. The lowest BCUT2D eigenvalue weighted by atomic mass is 10.1. The topological polar surface area (TPSA) is 78.4 Å². The second kappa shape index (κ2) is 9.41. The highest BCUT2D eigenvalue weighted by Crippen LogP contribution is 2.22. The molecule has 3 rings (SSSR count). The lowest BCUT2D eigenvalue weighted by Gasteiger charge is -2.36. The highest BCUT2D eigenvalue weighted by Gasteiger charge is 2.32. The van der Waals surface area contributed by atoms with E-state index >= 15 is 0 Å². The number of rotatable bonds is 4. The molecule has 0 saturated carbocycles. The predicted molar refractivity (Wildman–Crippen MR) is 100 cm³/mol. The number of guanidine groups is 1. The highest BCUT2D eigenvalue weighted by molar-refractivity contribution is 5.80. The van der Waals surface area contributed by atoms with Crippen molar-refractivity contribution >= 4 is 12.1 Å². The van der Waals surface area contributed by atoms with Gasteiger partial charge in [-0.1, -0.05) is 0 Å². The molecule has 1 amide bonds. The van der Waals surface area contributed by atoms with Crippen molar-refractivity contribution in [1.29, 1.82) is 0 Å². The first-order chi connectivity index (χ1) is 12.7. The summed E-state index contributed by atoms with van der Waals surface area (Å²) in [7, 11) is 1.79. The van der Waals surface area contributed by atoms with Crippen LogP contribution in [0.3, 0.4) is 0 Å². The van der Waals surface area contributed by atoms with E-state index in [1.807, 2.05) is 6.92 Å². The number of aliphatic imine (C=N–C) groups is 1. The van der Waals surface area contributed by atoms with Crippen LogP contribution in [-0.2, 0) is 9.47 Å². The van der Waals surface area contributed by atoms with Crippen LogP contribution in [0.5, 0.6) is 0 Å². The summed E-state index contributed by atoms with van der Waals surface area (Å²) in [5.41, 5.74) is 0. The summed E-state index contributed by atoms with van der Waals surface area (Å²) in [6.07, 6.45) is 4.37. The molecule has 8 heteroatoms. The van der Waals surface area contributed by atoms with Crippen molar-refractivity contribution < 1.29 is 14.3 Å². The van der Waals surface area contributed by atoms with Crippen molar-refractivity contribution in [2.24, 2.45) is 4.99 Å². The summed E-state index contributed by atoms with van der Waals surface area (Å²) in [6, 6.07) is 0.954. The molecule has 8 nitrogen and oxygen atoms in total. The zero-order valence-electron chi connectivity index (χ0n) is 16.1. The first-order valence-corrected chi connectivity index (χ1v) is 9.94. The number of amides is 1. The number of carbonyl (C=O) groups is 1. The summed E-state index contributed by atoms with van der Waals surface area (Å²) >= 11 is 0. The number of hydrogen-bond acceptors (Lipinski definition) is 5. The number of likely N-dealkylation sites (tertiary alicyclic amines) is 1. The van der Waals surface area contributed by atoms with Crippen LogP contribution in [0, 0.1) is 0 Å². The molecule has 0 aromatic carbocycles. The first-order valence-electron chi connectivity index (χ1n) is 9.94. The zero-order valence-corrected chi connectivity index (χ0v) is 16.1. The second-order valence-electron chi connectivity index (χ2n) is 7.30. The van der Waals surface area contributed by atoms with Gasteiger partial charge in [0.25, 0.3) is 0 Å². The SMILES string of the molecule is CCOC(=O)N1CCC(NC(=NC)NCC2CN3CCCC3CO2)CC1. The minimum atomic E-state index is -0.205. The number of carbonyl (C=O) groups excluding carboxylic acids is 1. The Balaban J connectivity index is 1.37. The molecule has 148 valence electrons. The Morgan fingerprint density at radius 1 is 1.27 bits per heavy atom. The molecule has 3 heterocycles. The summed E-state index contributed by atoms with van der Waals surface area (Å²) in [5, 5.41) is 6.88. The van der Waals surface area contributed by atoms with Gasteiger partial charge in [0.05, 0.1) is 19.3 Å². The van der Waals surface area contributed by atoms with E-state index in [2.05, 4.69) is 20.5 Å². The zero-order chi connectivity index (χ0) is 18.4.